The Balaban J connectivity index is 0.000000321. The first-order chi connectivity index (χ1) is 28.0. The topological polar surface area (TPSA) is 264 Å². The zero-order chi connectivity index (χ0) is 44.2. The Labute approximate surface area is 371 Å². The average molecular weight is 930 g/mol. The monoisotopic (exact) mass is 928 g/mol. The number of hydrogen-bond acceptors (Lipinski definition) is 10. The van der Waals surface area contributed by atoms with Crippen LogP contribution in [0, 0.1) is 0 Å². The summed E-state index contributed by atoms with van der Waals surface area (Å²) in [5.41, 5.74) is 8.84. The molecule has 62 heavy (non-hydrogen) atoms. The van der Waals surface area contributed by atoms with Crippen molar-refractivity contribution >= 4 is 66.5 Å². The minimum atomic E-state index is -3.86. The summed E-state index contributed by atoms with van der Waals surface area (Å²) in [5, 5.41) is 9.00. The van der Waals surface area contributed by atoms with Crippen molar-refractivity contribution in [1.82, 2.24) is 25.7 Å². The van der Waals surface area contributed by atoms with E-state index in [2.05, 4.69) is 61.2 Å². The molecule has 0 spiro atoms. The van der Waals surface area contributed by atoms with Gasteiger partial charge in [-0.15, -0.1) is 0 Å². The second-order valence-corrected chi connectivity index (χ2v) is 19.8. The number of carbonyl (C=O) groups is 2. The minimum Gasteiger partial charge on any atom is -0.462 e. The second kappa shape index (κ2) is 20.0. The SMILES string of the molecule is CC(C)(C)c1ccc(S(=O)(=O)Nc2ccc(Cl)cc2-n2cc(C(N)=O)cn2)cc1.CCOC(=O)c1cnn(-c2cc(Cl)ccc2NS(=O)(=O)c2ccc(C(C)(C)C)cc2)c1.N.O. The molecule has 0 aliphatic carbocycles. The summed E-state index contributed by atoms with van der Waals surface area (Å²) in [7, 11) is -7.72. The lowest BCUT2D eigenvalue weighted by atomic mass is 9.87. The smallest absolute Gasteiger partial charge is 0.341 e. The Morgan fingerprint density at radius 3 is 1.37 bits per heavy atom. The van der Waals surface area contributed by atoms with Crippen molar-refractivity contribution in [2.75, 3.05) is 16.1 Å². The van der Waals surface area contributed by atoms with Gasteiger partial charge in [-0.2, -0.15) is 10.2 Å². The summed E-state index contributed by atoms with van der Waals surface area (Å²) in [5.74, 6) is -1.16. The van der Waals surface area contributed by atoms with E-state index in [0.717, 1.165) is 11.1 Å². The van der Waals surface area contributed by atoms with Gasteiger partial charge in [-0.05, 0) is 89.5 Å². The van der Waals surface area contributed by atoms with Gasteiger partial charge in [0.1, 0.15) is 0 Å². The number of amides is 1. The molecule has 4 aromatic carbocycles. The number of nitrogens with two attached hydrogens (primary N) is 1. The highest BCUT2D eigenvalue weighted by Crippen LogP contribution is 2.30. The molecule has 0 aliphatic heterocycles. The number of nitrogens with zero attached hydrogens (tertiary/aromatic N) is 4. The third kappa shape index (κ3) is 12.4. The maximum Gasteiger partial charge on any atom is 0.341 e. The molecule has 1 amide bonds. The molecule has 0 fully saturated rings. The number of carbonyl (C=O) groups excluding carboxylic acids is 2. The zero-order valence-corrected chi connectivity index (χ0v) is 38.2. The number of halogens is 2. The fourth-order valence-corrected chi connectivity index (χ4v) is 8.07. The van der Waals surface area contributed by atoms with Crippen molar-refractivity contribution in [3.63, 3.8) is 0 Å². The van der Waals surface area contributed by atoms with Crippen molar-refractivity contribution < 1.29 is 36.6 Å². The van der Waals surface area contributed by atoms with E-state index in [4.69, 9.17) is 33.7 Å². The number of aromatic nitrogens is 4. The lowest BCUT2D eigenvalue weighted by molar-refractivity contribution is 0.0526. The highest BCUT2D eigenvalue weighted by molar-refractivity contribution is 7.93. The zero-order valence-electron chi connectivity index (χ0n) is 35.1. The Hall–Kier alpha value is -5.76. The van der Waals surface area contributed by atoms with E-state index in [9.17, 15) is 26.4 Å². The maximum atomic E-state index is 13.0. The normalized spacial score (nSPS) is 11.6. The first-order valence-electron chi connectivity index (χ1n) is 18.4. The number of rotatable bonds is 11. The Kier molecular flexibility index (Phi) is 16.3. The quantitative estimate of drug-likeness (QED) is 0.0914. The fourth-order valence-electron chi connectivity index (χ4n) is 5.59. The maximum absolute atomic E-state index is 13.0. The van der Waals surface area contributed by atoms with E-state index in [0.29, 0.717) is 21.4 Å². The molecule has 16 nitrogen and oxygen atoms in total. The Morgan fingerprint density at radius 1 is 0.661 bits per heavy atom. The first-order valence-corrected chi connectivity index (χ1v) is 22.1. The number of primary amides is 1. The van der Waals surface area contributed by atoms with Crippen molar-refractivity contribution in [2.45, 2.75) is 69.1 Å². The van der Waals surface area contributed by atoms with E-state index in [1.807, 2.05) is 0 Å². The Bertz CT molecular complexity index is 2740. The number of anilines is 2. The molecule has 0 saturated carbocycles. The van der Waals surface area contributed by atoms with Crippen molar-refractivity contribution in [3.05, 3.63) is 142 Å². The van der Waals surface area contributed by atoms with E-state index in [1.165, 1.54) is 40.2 Å². The van der Waals surface area contributed by atoms with Gasteiger partial charge in [0.15, 0.2) is 0 Å². The van der Waals surface area contributed by atoms with Crippen molar-refractivity contribution in [2.24, 2.45) is 5.73 Å². The molecule has 0 unspecified atom stereocenters. The first kappa shape index (κ1) is 50.6. The van der Waals surface area contributed by atoms with Gasteiger partial charge in [-0.25, -0.2) is 31.0 Å². The molecule has 9 N–H and O–H groups in total. The number of ether oxygens (including phenoxy) is 1. The molecule has 0 bridgehead atoms. The van der Waals surface area contributed by atoms with Crippen LogP contribution in [-0.2, 0) is 35.6 Å². The molecular weight excluding hydrogens is 880 g/mol. The van der Waals surface area contributed by atoms with Crippen molar-refractivity contribution in [3.8, 4) is 11.4 Å². The lowest BCUT2D eigenvalue weighted by Gasteiger charge is -2.19. The summed E-state index contributed by atoms with van der Waals surface area (Å²) in [4.78, 5) is 23.5. The van der Waals surface area contributed by atoms with Gasteiger partial charge < -0.3 is 22.1 Å². The number of sulfonamides is 2. The van der Waals surface area contributed by atoms with Crippen LogP contribution in [-0.4, -0.2) is 60.4 Å². The highest BCUT2D eigenvalue weighted by atomic mass is 35.5. The van der Waals surface area contributed by atoms with Gasteiger partial charge in [0.2, 0.25) is 0 Å². The second-order valence-electron chi connectivity index (χ2n) is 15.5. The largest absolute Gasteiger partial charge is 0.462 e. The van der Waals surface area contributed by atoms with E-state index >= 15 is 0 Å². The van der Waals surface area contributed by atoms with Crippen LogP contribution >= 0.6 is 23.2 Å². The fraction of sp³-hybridized carbons (Fsp3) is 0.238. The standard InChI is InChI=1S/C22H24ClN3O4S.C20H21ClN4O3S.H3N.H2O/c1-5-30-21(27)15-13-24-26(14-15)20-12-17(23)8-11-19(20)25-31(28,29)18-9-6-16(7-10-18)22(2,3)4;1-20(2,3)14-4-7-16(8-5-14)29(27,28)24-17-9-6-15(21)10-18(17)25-12-13(11-23-25)19(22)26;;/h6-14,25H,5H2,1-4H3;4-12,24H,1-3H3,(H2,22,26);1H3;1H2. The van der Waals surface area contributed by atoms with E-state index < -0.39 is 31.9 Å². The van der Waals surface area contributed by atoms with Gasteiger partial charge >= 0.3 is 5.97 Å². The van der Waals surface area contributed by atoms with Crippen LogP contribution in [0.15, 0.2) is 120 Å². The lowest BCUT2D eigenvalue weighted by Crippen LogP contribution is -2.16. The number of hydrogen-bond donors (Lipinski definition) is 4. The van der Waals surface area contributed by atoms with Crippen LogP contribution in [0.25, 0.3) is 11.4 Å². The minimum absolute atomic E-state index is 0. The molecular formula is C42H50Cl2N8O8S2. The summed E-state index contributed by atoms with van der Waals surface area (Å²) in [6.45, 7) is 14.3. The van der Waals surface area contributed by atoms with Gasteiger partial charge in [0, 0.05) is 22.4 Å². The average Bonchev–Trinajstić information content (AvgIpc) is 3.88. The molecule has 6 aromatic rings. The van der Waals surface area contributed by atoms with Gasteiger partial charge in [0.05, 0.1) is 62.7 Å². The van der Waals surface area contributed by atoms with E-state index in [-0.39, 0.29) is 61.4 Å². The molecule has 2 heterocycles. The molecule has 0 saturated heterocycles. The van der Waals surface area contributed by atoms with Crippen LogP contribution < -0.4 is 21.3 Å². The molecule has 332 valence electrons. The predicted molar refractivity (Wildman–Crippen MR) is 242 cm³/mol. The van der Waals surface area contributed by atoms with E-state index in [1.54, 1.807) is 85.8 Å². The van der Waals surface area contributed by atoms with Gasteiger partial charge in [0.25, 0.3) is 26.0 Å². The molecule has 20 heteroatoms. The van der Waals surface area contributed by atoms with Crippen LogP contribution in [0.2, 0.25) is 10.0 Å². The van der Waals surface area contributed by atoms with Gasteiger partial charge in [-0.3, -0.25) is 14.2 Å². The summed E-state index contributed by atoms with van der Waals surface area (Å²) in [6.07, 6.45) is 5.51. The summed E-state index contributed by atoms with van der Waals surface area (Å²) < 4.78 is 64.6. The molecule has 0 radical (unpaired) electrons. The molecule has 2 aromatic heterocycles. The predicted octanol–water partition coefficient (Wildman–Crippen LogP) is 7.86. The van der Waals surface area contributed by atoms with Crippen LogP contribution in [0.4, 0.5) is 11.4 Å². The number of benzene rings is 4. The summed E-state index contributed by atoms with van der Waals surface area (Å²) >= 11 is 12.2. The third-order valence-electron chi connectivity index (χ3n) is 8.92. The van der Waals surface area contributed by atoms with Crippen LogP contribution in [0.3, 0.4) is 0 Å². The summed E-state index contributed by atoms with van der Waals surface area (Å²) in [6, 6.07) is 22.8. The third-order valence-corrected chi connectivity index (χ3v) is 12.2. The van der Waals surface area contributed by atoms with Crippen molar-refractivity contribution in [1.29, 1.82) is 0 Å². The number of esters is 1. The number of nitrogens with one attached hydrogen (secondary N) is 2. The molecule has 0 aliphatic rings. The molecule has 6 rings (SSSR count). The highest BCUT2D eigenvalue weighted by Gasteiger charge is 2.22. The Morgan fingerprint density at radius 2 is 1.03 bits per heavy atom. The molecule has 0 atom stereocenters. The van der Waals surface area contributed by atoms with Gasteiger partial charge in [-0.1, -0.05) is 89.0 Å². The van der Waals surface area contributed by atoms with Crippen LogP contribution in [0.1, 0.15) is 80.3 Å². The van der Waals surface area contributed by atoms with Crippen LogP contribution in [0.5, 0.6) is 0 Å².